The maximum Gasteiger partial charge on any atom is 0.264 e. The first-order valence-corrected chi connectivity index (χ1v) is 22.8. The summed E-state index contributed by atoms with van der Waals surface area (Å²) in [5.41, 5.74) is 0.767. The monoisotopic (exact) mass is 839 g/mol. The average molecular weight is 840 g/mol. The molecular formula is C46H57N5O8S. The second-order valence-corrected chi connectivity index (χ2v) is 18.3. The van der Waals surface area contributed by atoms with Gasteiger partial charge in [-0.15, -0.1) is 6.58 Å². The van der Waals surface area contributed by atoms with Crippen LogP contribution in [0.25, 0.3) is 22.2 Å². The Morgan fingerprint density at radius 1 is 1.02 bits per heavy atom. The molecule has 5 aliphatic rings. The van der Waals surface area contributed by atoms with Gasteiger partial charge in [-0.2, -0.15) is 0 Å². The highest BCUT2D eigenvalue weighted by molar-refractivity contribution is 7.77. The largest absolute Gasteiger partial charge is 0.497 e. The number of rotatable bonds is 15. The Labute approximate surface area is 354 Å². The molecule has 320 valence electrons. The number of piperidine rings is 1. The van der Waals surface area contributed by atoms with Crippen LogP contribution >= 0.6 is 0 Å². The lowest BCUT2D eigenvalue weighted by Crippen LogP contribution is -2.57. The van der Waals surface area contributed by atoms with Crippen molar-refractivity contribution in [2.75, 3.05) is 26.7 Å². The summed E-state index contributed by atoms with van der Waals surface area (Å²) in [7, 11) is 1.60. The average Bonchev–Trinajstić information content (AvgIpc) is 4.20. The van der Waals surface area contributed by atoms with Crippen molar-refractivity contribution in [3.8, 4) is 22.8 Å². The van der Waals surface area contributed by atoms with E-state index in [2.05, 4.69) is 11.9 Å². The molecule has 2 aromatic carbocycles. The SMILES string of the molecule is C=C[C@H]1C[C@]1(NC(=O)[C@@H]1C[C@@H](Oc2cc(-c3ccccc3)nc3cc(OC)ccc23)CN1C(=O)[C@H](CC(=O)N1CCCCC1)CC1CCCCC1)C(=O)N(C1CC1)S(=O)O. The Hall–Kier alpha value is -4.82. The highest BCUT2D eigenvalue weighted by Crippen LogP contribution is 2.48. The van der Waals surface area contributed by atoms with Crippen molar-refractivity contribution in [1.82, 2.24) is 24.4 Å². The molecule has 0 radical (unpaired) electrons. The third kappa shape index (κ3) is 8.95. The van der Waals surface area contributed by atoms with Gasteiger partial charge in [0.1, 0.15) is 29.2 Å². The fraction of sp³-hybridized carbons (Fsp3) is 0.543. The number of carbonyl (C=O) groups excluding carboxylic acids is 4. The maximum atomic E-state index is 15.1. The molecule has 60 heavy (non-hydrogen) atoms. The van der Waals surface area contributed by atoms with Gasteiger partial charge in [0.05, 0.1) is 24.9 Å². The van der Waals surface area contributed by atoms with E-state index in [1.807, 2.05) is 59.5 Å². The second kappa shape index (κ2) is 18.0. The summed E-state index contributed by atoms with van der Waals surface area (Å²) in [6.45, 7) is 5.33. The Balaban J connectivity index is 1.12. The lowest BCUT2D eigenvalue weighted by atomic mass is 9.81. The van der Waals surface area contributed by atoms with Crippen LogP contribution in [0.5, 0.6) is 11.5 Å². The number of pyridine rings is 1. The van der Waals surface area contributed by atoms with Crippen LogP contribution in [0, 0.1) is 17.8 Å². The lowest BCUT2D eigenvalue weighted by Gasteiger charge is -2.33. The topological polar surface area (TPSA) is 159 Å². The number of benzene rings is 2. The molecule has 8 rings (SSSR count). The first kappa shape index (κ1) is 41.9. The van der Waals surface area contributed by atoms with Gasteiger partial charge in [0, 0.05) is 66.9 Å². The fourth-order valence-corrected chi connectivity index (χ4v) is 10.5. The van der Waals surface area contributed by atoms with Crippen LogP contribution in [-0.4, -0.2) is 102 Å². The van der Waals surface area contributed by atoms with Crippen LogP contribution in [0.15, 0.2) is 67.3 Å². The Morgan fingerprint density at radius 2 is 1.75 bits per heavy atom. The van der Waals surface area contributed by atoms with Gasteiger partial charge >= 0.3 is 0 Å². The number of nitrogens with one attached hydrogen (secondary N) is 1. The maximum absolute atomic E-state index is 15.1. The molecule has 3 heterocycles. The molecule has 3 saturated carbocycles. The van der Waals surface area contributed by atoms with Crippen LogP contribution in [0.3, 0.4) is 0 Å². The summed E-state index contributed by atoms with van der Waals surface area (Å²) in [5.74, 6) is -1.07. The van der Waals surface area contributed by atoms with Crippen LogP contribution in [-0.2, 0) is 30.4 Å². The van der Waals surface area contributed by atoms with E-state index >= 15 is 4.79 Å². The summed E-state index contributed by atoms with van der Waals surface area (Å²) in [5, 5.41) is 3.72. The lowest BCUT2D eigenvalue weighted by molar-refractivity contribution is -0.146. The Bertz CT molecular complexity index is 2120. The number of nitrogens with zero attached hydrogens (tertiary/aromatic N) is 4. The third-order valence-electron chi connectivity index (χ3n) is 13.3. The van der Waals surface area contributed by atoms with Crippen LogP contribution in [0.2, 0.25) is 0 Å². The summed E-state index contributed by atoms with van der Waals surface area (Å²) in [4.78, 5) is 66.2. The zero-order valence-corrected chi connectivity index (χ0v) is 35.3. The van der Waals surface area contributed by atoms with E-state index in [4.69, 9.17) is 14.5 Å². The fourth-order valence-electron chi connectivity index (χ4n) is 9.72. The Morgan fingerprint density at radius 3 is 2.42 bits per heavy atom. The van der Waals surface area contributed by atoms with E-state index in [-0.39, 0.29) is 43.7 Å². The minimum atomic E-state index is -2.57. The van der Waals surface area contributed by atoms with E-state index in [1.165, 1.54) is 0 Å². The van der Waals surface area contributed by atoms with Gasteiger partial charge in [-0.05, 0) is 63.0 Å². The number of carbonyl (C=O) groups is 4. The molecule has 3 aromatic rings. The molecule has 1 aromatic heterocycles. The number of hydrogen-bond acceptors (Lipinski definition) is 8. The van der Waals surface area contributed by atoms with Gasteiger partial charge in [-0.25, -0.2) is 13.5 Å². The molecule has 4 amide bonds. The molecule has 0 bridgehead atoms. The summed E-state index contributed by atoms with van der Waals surface area (Å²) >= 11 is -2.57. The molecule has 2 N–H and O–H groups in total. The van der Waals surface area contributed by atoms with Gasteiger partial charge in [0.2, 0.25) is 17.7 Å². The van der Waals surface area contributed by atoms with E-state index in [0.29, 0.717) is 61.0 Å². The predicted octanol–water partition coefficient (Wildman–Crippen LogP) is 6.44. The zero-order valence-electron chi connectivity index (χ0n) is 34.5. The smallest absolute Gasteiger partial charge is 0.264 e. The third-order valence-corrected chi connectivity index (χ3v) is 14.1. The first-order chi connectivity index (χ1) is 29.1. The molecule has 6 atom stereocenters. The normalized spacial score (nSPS) is 25.3. The highest BCUT2D eigenvalue weighted by Gasteiger charge is 2.64. The number of ether oxygens (including phenoxy) is 2. The minimum absolute atomic E-state index is 0.0301. The highest BCUT2D eigenvalue weighted by atomic mass is 32.2. The second-order valence-electron chi connectivity index (χ2n) is 17.4. The van der Waals surface area contributed by atoms with Crippen molar-refractivity contribution in [1.29, 1.82) is 0 Å². The predicted molar refractivity (Wildman–Crippen MR) is 228 cm³/mol. The number of amides is 4. The molecular weight excluding hydrogens is 783 g/mol. The molecule has 14 heteroatoms. The zero-order chi connectivity index (χ0) is 42.0. The van der Waals surface area contributed by atoms with Crippen molar-refractivity contribution < 1.29 is 37.4 Å². The quantitative estimate of drug-likeness (QED) is 0.130. The van der Waals surface area contributed by atoms with Gasteiger partial charge in [0.25, 0.3) is 17.2 Å². The van der Waals surface area contributed by atoms with Gasteiger partial charge in [-0.1, -0.05) is 68.5 Å². The van der Waals surface area contributed by atoms with Crippen molar-refractivity contribution in [3.05, 3.63) is 67.3 Å². The van der Waals surface area contributed by atoms with Crippen LogP contribution in [0.4, 0.5) is 0 Å². The molecule has 13 nitrogen and oxygen atoms in total. The number of fused-ring (bicyclic) bond motifs is 1. The van der Waals surface area contributed by atoms with E-state index in [0.717, 1.165) is 66.6 Å². The van der Waals surface area contributed by atoms with Crippen molar-refractivity contribution in [2.45, 2.75) is 114 Å². The van der Waals surface area contributed by atoms with Crippen LogP contribution in [0.1, 0.15) is 89.9 Å². The number of methoxy groups -OCH3 is 1. The van der Waals surface area contributed by atoms with Crippen molar-refractivity contribution >= 4 is 45.8 Å². The summed E-state index contributed by atoms with van der Waals surface area (Å²) in [6, 6.07) is 15.8. The van der Waals surface area contributed by atoms with Crippen LogP contribution < -0.4 is 14.8 Å². The molecule has 0 spiro atoms. The summed E-state index contributed by atoms with van der Waals surface area (Å²) in [6.07, 6.45) is 11.4. The molecule has 1 unspecified atom stereocenters. The molecule has 5 fully saturated rings. The number of aromatic nitrogens is 1. The Kier molecular flexibility index (Phi) is 12.6. The van der Waals surface area contributed by atoms with E-state index in [1.54, 1.807) is 18.1 Å². The van der Waals surface area contributed by atoms with E-state index in [9.17, 15) is 23.1 Å². The van der Waals surface area contributed by atoms with Crippen molar-refractivity contribution in [3.63, 3.8) is 0 Å². The molecule has 2 saturated heterocycles. The summed E-state index contributed by atoms with van der Waals surface area (Å²) < 4.78 is 35.9. The molecule has 2 aliphatic heterocycles. The van der Waals surface area contributed by atoms with Gasteiger partial charge in [-0.3, -0.25) is 23.7 Å². The number of likely N-dealkylation sites (tertiary alicyclic amines) is 2. The van der Waals surface area contributed by atoms with Gasteiger partial charge in [0.15, 0.2) is 0 Å². The number of hydrogen-bond donors (Lipinski definition) is 2. The molecule has 3 aliphatic carbocycles. The van der Waals surface area contributed by atoms with Gasteiger partial charge < -0.3 is 24.6 Å². The minimum Gasteiger partial charge on any atom is -0.497 e. The first-order valence-electron chi connectivity index (χ1n) is 21.8. The van der Waals surface area contributed by atoms with E-state index < -0.39 is 52.6 Å². The van der Waals surface area contributed by atoms with Crippen molar-refractivity contribution in [2.24, 2.45) is 17.8 Å². The standard InChI is InChI=1S/C46H57N5O8S/c1-3-33-28-46(33,45(55)51(60(56)57)34-17-18-34)48-43(53)40-26-36(59-41-27-38(31-15-9-5-10-16-31)47-39-25-35(58-2)19-20-37(39)41)29-50(40)44(54)32(23-30-13-7-4-8-14-30)24-42(52)49-21-11-6-12-22-49/h3,5,9-10,15-16,19-20,25,27,30,32-34,36,40H,1,4,6-8,11-14,17-18,21-24,26,28-29H2,2H3,(H,48,53)(H,56,57)/t32-,33-,36+,40-,46+/m0/s1.